The number of rotatable bonds is 2. The van der Waals surface area contributed by atoms with Gasteiger partial charge in [-0.15, -0.1) is 0 Å². The van der Waals surface area contributed by atoms with Crippen LogP contribution in [0.5, 0.6) is 0 Å². The Hall–Kier alpha value is -2.53. The zero-order chi connectivity index (χ0) is 15.5. The van der Waals surface area contributed by atoms with Gasteiger partial charge in [-0.1, -0.05) is 30.3 Å². The summed E-state index contributed by atoms with van der Waals surface area (Å²) in [5, 5.41) is 0.679. The lowest BCUT2D eigenvalue weighted by Crippen LogP contribution is -2.21. The van der Waals surface area contributed by atoms with Crippen molar-refractivity contribution >= 4 is 40.3 Å². The van der Waals surface area contributed by atoms with Crippen LogP contribution in [0.3, 0.4) is 0 Å². The maximum Gasteiger partial charge on any atom is 0.286 e. The Morgan fingerprint density at radius 2 is 1.77 bits per heavy atom. The fourth-order valence-electron chi connectivity index (χ4n) is 2.05. The van der Waals surface area contributed by atoms with Crippen LogP contribution in [-0.2, 0) is 4.79 Å². The molecule has 3 rings (SSSR count). The van der Waals surface area contributed by atoms with Crippen molar-refractivity contribution in [1.82, 2.24) is 0 Å². The number of carbonyl (C=O) groups excluding carboxylic acids is 1. The molecule has 2 N–H and O–H groups in total. The Morgan fingerprint density at radius 1 is 1.09 bits per heavy atom. The summed E-state index contributed by atoms with van der Waals surface area (Å²) in [6.07, 6.45) is 1.84. The third-order valence-electron chi connectivity index (χ3n) is 3.27. The summed E-state index contributed by atoms with van der Waals surface area (Å²) in [6, 6.07) is 17.2. The Kier molecular flexibility index (Phi) is 3.98. The van der Waals surface area contributed by atoms with Gasteiger partial charge < -0.3 is 10.6 Å². The number of nitrogens with zero attached hydrogens (tertiary/aromatic N) is 2. The molecule has 1 amide bonds. The molecule has 0 aromatic heterocycles. The van der Waals surface area contributed by atoms with E-state index >= 15 is 0 Å². The van der Waals surface area contributed by atoms with Gasteiger partial charge in [0.05, 0.1) is 4.91 Å². The Labute approximate surface area is 133 Å². The number of carbonyl (C=O) groups is 1. The molecule has 0 spiro atoms. The highest BCUT2D eigenvalue weighted by atomic mass is 32.2. The van der Waals surface area contributed by atoms with Crippen LogP contribution in [0, 0.1) is 0 Å². The molecule has 1 aliphatic rings. The van der Waals surface area contributed by atoms with Gasteiger partial charge in [0.15, 0.2) is 5.17 Å². The second kappa shape index (κ2) is 6.07. The van der Waals surface area contributed by atoms with E-state index in [-0.39, 0.29) is 5.91 Å². The molecule has 0 atom stereocenters. The average molecular weight is 309 g/mol. The standard InChI is InChI=1S/C17H15N3OS/c1-20(14-5-3-2-4-6-14)17-19-16(21)15(22-17)11-12-7-9-13(18)10-8-12/h2-11H,18H2,1H3/b15-11+. The number of para-hydroxylation sites is 1. The van der Waals surface area contributed by atoms with Gasteiger partial charge in [-0.2, -0.15) is 4.99 Å². The number of aliphatic imine (C=N–C) groups is 1. The highest BCUT2D eigenvalue weighted by Crippen LogP contribution is 2.31. The molecule has 1 heterocycles. The molecule has 0 bridgehead atoms. The van der Waals surface area contributed by atoms with E-state index in [1.807, 2.05) is 72.6 Å². The second-order valence-corrected chi connectivity index (χ2v) is 5.88. The molecule has 0 unspecified atom stereocenters. The van der Waals surface area contributed by atoms with Crippen molar-refractivity contribution in [3.05, 3.63) is 65.1 Å². The van der Waals surface area contributed by atoms with Crippen molar-refractivity contribution in [2.24, 2.45) is 4.99 Å². The normalized spacial score (nSPS) is 16.0. The van der Waals surface area contributed by atoms with Gasteiger partial charge >= 0.3 is 0 Å². The highest BCUT2D eigenvalue weighted by molar-refractivity contribution is 8.18. The molecule has 0 aliphatic carbocycles. The number of hydrogen-bond acceptors (Lipinski definition) is 4. The summed E-state index contributed by atoms with van der Waals surface area (Å²) in [5.74, 6) is -0.209. The molecule has 2 aromatic rings. The van der Waals surface area contributed by atoms with Crippen LogP contribution in [0.2, 0.25) is 0 Å². The predicted molar refractivity (Wildman–Crippen MR) is 93.7 cm³/mol. The molecule has 1 aliphatic heterocycles. The number of nitrogens with two attached hydrogens (primary N) is 1. The fraction of sp³-hybridized carbons (Fsp3) is 0.0588. The minimum absolute atomic E-state index is 0.209. The van der Waals surface area contributed by atoms with E-state index in [2.05, 4.69) is 4.99 Å². The Morgan fingerprint density at radius 3 is 2.45 bits per heavy atom. The van der Waals surface area contributed by atoms with Crippen LogP contribution in [-0.4, -0.2) is 18.1 Å². The van der Waals surface area contributed by atoms with Gasteiger partial charge in [0.2, 0.25) is 0 Å². The number of anilines is 2. The zero-order valence-corrected chi connectivity index (χ0v) is 12.9. The molecule has 4 nitrogen and oxygen atoms in total. The Balaban J connectivity index is 1.80. The quantitative estimate of drug-likeness (QED) is 0.682. The van der Waals surface area contributed by atoms with Crippen molar-refractivity contribution in [1.29, 1.82) is 0 Å². The van der Waals surface area contributed by atoms with Crippen LogP contribution in [0.4, 0.5) is 11.4 Å². The monoisotopic (exact) mass is 309 g/mol. The summed E-state index contributed by atoms with van der Waals surface area (Å²) in [6.45, 7) is 0. The van der Waals surface area contributed by atoms with Gasteiger partial charge in [0.25, 0.3) is 5.91 Å². The topological polar surface area (TPSA) is 58.7 Å². The molecule has 0 saturated carbocycles. The summed E-state index contributed by atoms with van der Waals surface area (Å²) in [5.41, 5.74) is 8.30. The number of amides is 1. The lowest BCUT2D eigenvalue weighted by Gasteiger charge is -2.17. The fourth-order valence-corrected chi connectivity index (χ4v) is 2.94. The summed E-state index contributed by atoms with van der Waals surface area (Å²) < 4.78 is 0. The minimum Gasteiger partial charge on any atom is -0.399 e. The predicted octanol–water partition coefficient (Wildman–Crippen LogP) is 3.38. The van der Waals surface area contributed by atoms with Crippen LogP contribution < -0.4 is 10.6 Å². The first-order valence-electron chi connectivity index (χ1n) is 6.80. The lowest BCUT2D eigenvalue weighted by molar-refractivity contribution is -0.113. The summed E-state index contributed by atoms with van der Waals surface area (Å²) in [4.78, 5) is 18.7. The average Bonchev–Trinajstić information content (AvgIpc) is 2.91. The van der Waals surface area contributed by atoms with Gasteiger partial charge in [-0.25, -0.2) is 0 Å². The molecule has 22 heavy (non-hydrogen) atoms. The first kappa shape index (κ1) is 14.4. The van der Waals surface area contributed by atoms with Crippen molar-refractivity contribution in [2.45, 2.75) is 0 Å². The SMILES string of the molecule is CN(C1=NC(=O)/C(=C\c2ccc(N)cc2)S1)c1ccccc1. The second-order valence-electron chi connectivity index (χ2n) is 4.87. The minimum atomic E-state index is -0.209. The van der Waals surface area contributed by atoms with Crippen LogP contribution >= 0.6 is 11.8 Å². The highest BCUT2D eigenvalue weighted by Gasteiger charge is 2.25. The molecule has 0 saturated heterocycles. The number of amidine groups is 1. The summed E-state index contributed by atoms with van der Waals surface area (Å²) >= 11 is 1.38. The summed E-state index contributed by atoms with van der Waals surface area (Å²) in [7, 11) is 1.90. The van der Waals surface area contributed by atoms with Crippen LogP contribution in [0.1, 0.15) is 5.56 Å². The van der Waals surface area contributed by atoms with Gasteiger partial charge in [-0.3, -0.25) is 4.79 Å². The first-order valence-corrected chi connectivity index (χ1v) is 7.62. The molecular weight excluding hydrogens is 294 g/mol. The third-order valence-corrected chi connectivity index (χ3v) is 4.33. The molecule has 2 aromatic carbocycles. The zero-order valence-electron chi connectivity index (χ0n) is 12.1. The number of hydrogen-bond donors (Lipinski definition) is 1. The molecular formula is C17H15N3OS. The van der Waals surface area contributed by atoms with Crippen molar-refractivity contribution in [3.8, 4) is 0 Å². The number of benzene rings is 2. The van der Waals surface area contributed by atoms with E-state index in [1.165, 1.54) is 11.8 Å². The first-order chi connectivity index (χ1) is 10.6. The number of thioether (sulfide) groups is 1. The van der Waals surface area contributed by atoms with Gasteiger partial charge in [-0.05, 0) is 47.7 Å². The maximum atomic E-state index is 12.1. The van der Waals surface area contributed by atoms with Gasteiger partial charge in [0.1, 0.15) is 0 Å². The number of nitrogen functional groups attached to an aromatic ring is 1. The molecule has 0 radical (unpaired) electrons. The maximum absolute atomic E-state index is 12.1. The smallest absolute Gasteiger partial charge is 0.286 e. The van der Waals surface area contributed by atoms with E-state index < -0.39 is 0 Å². The van der Waals surface area contributed by atoms with Crippen molar-refractivity contribution in [2.75, 3.05) is 17.7 Å². The third kappa shape index (κ3) is 3.04. The van der Waals surface area contributed by atoms with E-state index in [1.54, 1.807) is 0 Å². The van der Waals surface area contributed by atoms with E-state index in [0.29, 0.717) is 15.8 Å². The Bertz CT molecular complexity index is 751. The van der Waals surface area contributed by atoms with Crippen LogP contribution in [0.15, 0.2) is 64.5 Å². The van der Waals surface area contributed by atoms with Gasteiger partial charge in [0, 0.05) is 18.4 Å². The van der Waals surface area contributed by atoms with E-state index in [0.717, 1.165) is 11.3 Å². The lowest BCUT2D eigenvalue weighted by atomic mass is 10.2. The van der Waals surface area contributed by atoms with Crippen molar-refractivity contribution in [3.63, 3.8) is 0 Å². The van der Waals surface area contributed by atoms with Crippen molar-refractivity contribution < 1.29 is 4.79 Å². The molecule has 5 heteroatoms. The molecule has 0 fully saturated rings. The molecule has 110 valence electrons. The largest absolute Gasteiger partial charge is 0.399 e. The van der Waals surface area contributed by atoms with E-state index in [9.17, 15) is 4.79 Å². The van der Waals surface area contributed by atoms with Crippen LogP contribution in [0.25, 0.3) is 6.08 Å². The van der Waals surface area contributed by atoms with E-state index in [4.69, 9.17) is 5.73 Å².